The molecule has 0 aromatic rings. The zero-order chi connectivity index (χ0) is 9.10. The van der Waals surface area contributed by atoms with Crippen molar-refractivity contribution in [2.45, 2.75) is 38.2 Å². The second kappa shape index (κ2) is 4.10. The molecule has 0 aromatic heterocycles. The average molecular weight is 177 g/mol. The van der Waals surface area contributed by atoms with E-state index in [0.717, 1.165) is 0 Å². The predicted octanol–water partition coefficient (Wildman–Crippen LogP) is 2.63. The maximum absolute atomic E-state index is 9.75. The summed E-state index contributed by atoms with van der Waals surface area (Å²) < 4.78 is 0. The fraction of sp³-hybridized carbons (Fsp3) is 0.583. The third-order valence-corrected chi connectivity index (χ3v) is 3.11. The molecule has 0 heterocycles. The third kappa shape index (κ3) is 2.02. The van der Waals surface area contributed by atoms with Crippen LogP contribution in [0.4, 0.5) is 0 Å². The van der Waals surface area contributed by atoms with Crippen LogP contribution in [0.15, 0.2) is 24.3 Å². The molecule has 1 saturated carbocycles. The van der Waals surface area contributed by atoms with Gasteiger partial charge in [0.1, 0.15) is 0 Å². The Kier molecular flexibility index (Phi) is 2.84. The Morgan fingerprint density at radius 3 is 2.54 bits per heavy atom. The van der Waals surface area contributed by atoms with E-state index < -0.39 is 0 Å². The second-order valence-electron chi connectivity index (χ2n) is 4.02. The van der Waals surface area contributed by atoms with Gasteiger partial charge in [-0.1, -0.05) is 43.6 Å². The molecule has 0 aromatic carbocycles. The van der Waals surface area contributed by atoms with E-state index in [1.165, 1.54) is 38.0 Å². The molecule has 0 spiro atoms. The molecule has 2 aliphatic carbocycles. The van der Waals surface area contributed by atoms with Gasteiger partial charge >= 0.3 is 0 Å². The molecule has 1 nitrogen and oxygen atoms in total. The van der Waals surface area contributed by atoms with Crippen LogP contribution in [0.25, 0.3) is 0 Å². The Morgan fingerprint density at radius 1 is 1.08 bits per heavy atom. The molecule has 0 amide bonds. The summed E-state index contributed by atoms with van der Waals surface area (Å²) in [5.74, 6) is 1.88. The highest BCUT2D eigenvalue weighted by Gasteiger charge is 2.27. The average Bonchev–Trinajstić information content (AvgIpc) is 2.20. The molecule has 13 heavy (non-hydrogen) atoms. The van der Waals surface area contributed by atoms with E-state index >= 15 is 0 Å². The lowest BCUT2D eigenvalue weighted by Gasteiger charge is -2.30. The first-order valence-corrected chi connectivity index (χ1v) is 5.27. The number of allylic oxidation sites excluding steroid dienone is 2. The van der Waals surface area contributed by atoms with Crippen molar-refractivity contribution in [3.05, 3.63) is 30.2 Å². The molecule has 1 radical (unpaired) electrons. The number of hydrogen-bond acceptors (Lipinski definition) is 1. The van der Waals surface area contributed by atoms with Crippen LogP contribution in [0.2, 0.25) is 0 Å². The number of hydrogen-bond donors (Lipinski definition) is 1. The van der Waals surface area contributed by atoms with Crippen LogP contribution in [-0.4, -0.2) is 11.2 Å². The van der Waals surface area contributed by atoms with Crippen LogP contribution in [0.1, 0.15) is 32.1 Å². The molecule has 1 heteroatoms. The van der Waals surface area contributed by atoms with Crippen molar-refractivity contribution >= 4 is 0 Å². The number of rotatable bonds is 1. The summed E-state index contributed by atoms with van der Waals surface area (Å²) in [6.45, 7) is 0. The van der Waals surface area contributed by atoms with Gasteiger partial charge in [-0.05, 0) is 18.8 Å². The van der Waals surface area contributed by atoms with E-state index in [-0.39, 0.29) is 6.10 Å². The summed E-state index contributed by atoms with van der Waals surface area (Å²) >= 11 is 0. The van der Waals surface area contributed by atoms with Crippen LogP contribution in [0.5, 0.6) is 0 Å². The number of aliphatic hydroxyl groups is 1. The third-order valence-electron chi connectivity index (χ3n) is 3.11. The van der Waals surface area contributed by atoms with Gasteiger partial charge in [0.2, 0.25) is 0 Å². The minimum atomic E-state index is -0.312. The van der Waals surface area contributed by atoms with Gasteiger partial charge in [-0.3, -0.25) is 0 Å². The molecule has 71 valence electrons. The highest BCUT2D eigenvalue weighted by atomic mass is 16.3. The lowest BCUT2D eigenvalue weighted by molar-refractivity contribution is 0.205. The fourth-order valence-corrected chi connectivity index (χ4v) is 2.36. The Hall–Kier alpha value is -0.560. The van der Waals surface area contributed by atoms with Gasteiger partial charge in [0.25, 0.3) is 0 Å². The molecule has 1 fully saturated rings. The first-order valence-electron chi connectivity index (χ1n) is 5.27. The minimum Gasteiger partial charge on any atom is -0.388 e. The van der Waals surface area contributed by atoms with Gasteiger partial charge in [-0.25, -0.2) is 0 Å². The van der Waals surface area contributed by atoms with Crippen molar-refractivity contribution in [1.82, 2.24) is 0 Å². The zero-order valence-corrected chi connectivity index (χ0v) is 7.95. The second-order valence-corrected chi connectivity index (χ2v) is 4.02. The van der Waals surface area contributed by atoms with Crippen LogP contribution >= 0.6 is 0 Å². The van der Waals surface area contributed by atoms with Crippen LogP contribution < -0.4 is 0 Å². The summed E-state index contributed by atoms with van der Waals surface area (Å²) in [5.41, 5.74) is 0. The van der Waals surface area contributed by atoms with Crippen LogP contribution in [0.3, 0.4) is 0 Å². The molecule has 1 N–H and O–H groups in total. The molecular weight excluding hydrogens is 160 g/mol. The molecular formula is C12H17O. The number of aliphatic hydroxyl groups excluding tert-OH is 1. The monoisotopic (exact) mass is 177 g/mol. The van der Waals surface area contributed by atoms with E-state index in [2.05, 4.69) is 6.08 Å². The highest BCUT2D eigenvalue weighted by molar-refractivity contribution is 5.30. The van der Waals surface area contributed by atoms with E-state index in [4.69, 9.17) is 0 Å². The predicted molar refractivity (Wildman–Crippen MR) is 54.1 cm³/mol. The van der Waals surface area contributed by atoms with Crippen molar-refractivity contribution < 1.29 is 5.11 Å². The van der Waals surface area contributed by atoms with Crippen LogP contribution in [0, 0.1) is 11.8 Å². The summed E-state index contributed by atoms with van der Waals surface area (Å²) in [6.07, 6.45) is 14.2. The molecule has 2 rings (SSSR count). The van der Waals surface area contributed by atoms with E-state index in [9.17, 15) is 5.11 Å². The Morgan fingerprint density at radius 2 is 1.85 bits per heavy atom. The molecule has 0 saturated heterocycles. The SMILES string of the molecule is OC1C=CC=C[C]1C1CCCCC1. The summed E-state index contributed by atoms with van der Waals surface area (Å²) in [5, 5.41) is 9.75. The van der Waals surface area contributed by atoms with Gasteiger partial charge in [0.05, 0.1) is 6.10 Å². The highest BCUT2D eigenvalue weighted by Crippen LogP contribution is 2.35. The van der Waals surface area contributed by atoms with Crippen molar-refractivity contribution in [1.29, 1.82) is 0 Å². The van der Waals surface area contributed by atoms with Gasteiger partial charge in [-0.2, -0.15) is 0 Å². The van der Waals surface area contributed by atoms with Gasteiger partial charge in [0, 0.05) is 5.92 Å². The largest absolute Gasteiger partial charge is 0.388 e. The van der Waals surface area contributed by atoms with E-state index in [1.807, 2.05) is 18.2 Å². The zero-order valence-electron chi connectivity index (χ0n) is 7.95. The molecule has 1 unspecified atom stereocenters. The Bertz CT molecular complexity index is 211. The van der Waals surface area contributed by atoms with Gasteiger partial charge in [-0.15, -0.1) is 0 Å². The van der Waals surface area contributed by atoms with Gasteiger partial charge in [0.15, 0.2) is 0 Å². The standard InChI is InChI=1S/C12H17O/c13-12-9-5-4-8-11(12)10-6-2-1-3-7-10/h4-5,8-10,12-13H,1-3,6-7H2. The van der Waals surface area contributed by atoms with Crippen molar-refractivity contribution in [2.75, 3.05) is 0 Å². The first kappa shape index (κ1) is 9.01. The van der Waals surface area contributed by atoms with E-state index in [1.54, 1.807) is 0 Å². The summed E-state index contributed by atoms with van der Waals surface area (Å²) in [6, 6.07) is 0. The maximum Gasteiger partial charge on any atom is 0.0826 e. The van der Waals surface area contributed by atoms with Crippen molar-refractivity contribution in [2.24, 2.45) is 5.92 Å². The van der Waals surface area contributed by atoms with E-state index in [0.29, 0.717) is 5.92 Å². The smallest absolute Gasteiger partial charge is 0.0826 e. The van der Waals surface area contributed by atoms with Crippen LogP contribution in [-0.2, 0) is 0 Å². The molecule has 0 aliphatic heterocycles. The lowest BCUT2D eigenvalue weighted by atomic mass is 9.76. The Labute approximate surface area is 80.2 Å². The topological polar surface area (TPSA) is 20.2 Å². The molecule has 2 aliphatic rings. The summed E-state index contributed by atoms with van der Waals surface area (Å²) in [7, 11) is 0. The Balaban J connectivity index is 1.98. The van der Waals surface area contributed by atoms with Gasteiger partial charge < -0.3 is 5.11 Å². The fourth-order valence-electron chi connectivity index (χ4n) is 2.36. The van der Waals surface area contributed by atoms with Crippen molar-refractivity contribution in [3.63, 3.8) is 0 Å². The maximum atomic E-state index is 9.75. The van der Waals surface area contributed by atoms with Crippen molar-refractivity contribution in [3.8, 4) is 0 Å². The lowest BCUT2D eigenvalue weighted by Crippen LogP contribution is -2.25. The normalized spacial score (nSPS) is 31.0. The quantitative estimate of drug-likeness (QED) is 0.652. The first-order chi connectivity index (χ1) is 6.38. The molecule has 1 atom stereocenters. The minimum absolute atomic E-state index is 0.312. The summed E-state index contributed by atoms with van der Waals surface area (Å²) in [4.78, 5) is 0. The molecule has 0 bridgehead atoms.